The van der Waals surface area contributed by atoms with Gasteiger partial charge in [0.15, 0.2) is 0 Å². The zero-order valence-corrected chi connectivity index (χ0v) is 11.5. The largest absolute Gasteiger partial charge is 0.311 e. The Hall–Kier alpha value is 0.0500. The van der Waals surface area contributed by atoms with Crippen LogP contribution >= 0.6 is 27.3 Å². The summed E-state index contributed by atoms with van der Waals surface area (Å²) in [5.41, 5.74) is 0. The van der Waals surface area contributed by atoms with E-state index >= 15 is 0 Å². The van der Waals surface area contributed by atoms with Crippen molar-refractivity contribution in [2.45, 2.75) is 6.54 Å². The van der Waals surface area contributed by atoms with Crippen LogP contribution < -0.4 is 10.0 Å². The summed E-state index contributed by atoms with van der Waals surface area (Å²) in [5.74, 6) is 0. The molecule has 0 aromatic carbocycles. The monoisotopic (exact) mass is 312 g/mol. The predicted molar refractivity (Wildman–Crippen MR) is 66.6 cm³/mol. The van der Waals surface area contributed by atoms with Gasteiger partial charge in [-0.1, -0.05) is 0 Å². The van der Waals surface area contributed by atoms with Crippen molar-refractivity contribution >= 4 is 37.3 Å². The molecule has 0 aliphatic rings. The van der Waals surface area contributed by atoms with Gasteiger partial charge in [0.25, 0.3) is 0 Å². The molecule has 0 unspecified atom stereocenters. The molecular formula is C8H13BrN2O2S2. The minimum Gasteiger partial charge on any atom is -0.311 e. The first-order chi connectivity index (χ1) is 6.99. The summed E-state index contributed by atoms with van der Waals surface area (Å²) in [6.45, 7) is 1.79. The summed E-state index contributed by atoms with van der Waals surface area (Å²) in [5, 5.41) is 5.16. The maximum atomic E-state index is 10.7. The van der Waals surface area contributed by atoms with Gasteiger partial charge in [-0.15, -0.1) is 11.3 Å². The lowest BCUT2D eigenvalue weighted by molar-refractivity contribution is 0.582. The summed E-state index contributed by atoms with van der Waals surface area (Å²) in [7, 11) is -3.06. The van der Waals surface area contributed by atoms with Crippen molar-refractivity contribution < 1.29 is 8.42 Å². The van der Waals surface area contributed by atoms with Gasteiger partial charge in [-0.2, -0.15) is 0 Å². The highest BCUT2D eigenvalue weighted by Gasteiger charge is 2.01. The first kappa shape index (κ1) is 13.1. The Kier molecular flexibility index (Phi) is 5.20. The van der Waals surface area contributed by atoms with Gasteiger partial charge in [-0.3, -0.25) is 0 Å². The van der Waals surface area contributed by atoms with Crippen molar-refractivity contribution in [2.75, 3.05) is 19.3 Å². The van der Waals surface area contributed by atoms with Crippen LogP contribution in [0.25, 0.3) is 0 Å². The van der Waals surface area contributed by atoms with Gasteiger partial charge in [0.1, 0.15) is 0 Å². The van der Waals surface area contributed by atoms with E-state index < -0.39 is 10.0 Å². The van der Waals surface area contributed by atoms with Crippen molar-refractivity contribution in [1.29, 1.82) is 0 Å². The number of hydrogen-bond acceptors (Lipinski definition) is 4. The smallest absolute Gasteiger partial charge is 0.208 e. The second-order valence-corrected chi connectivity index (χ2v) is 6.72. The van der Waals surface area contributed by atoms with Gasteiger partial charge in [0, 0.05) is 29.0 Å². The molecule has 0 atom stereocenters. The first-order valence-corrected chi connectivity index (χ1v) is 7.92. The maximum Gasteiger partial charge on any atom is 0.208 e. The third-order valence-corrected chi connectivity index (χ3v) is 4.30. The molecule has 0 aliphatic heterocycles. The molecule has 0 aliphatic carbocycles. The van der Waals surface area contributed by atoms with E-state index in [1.54, 1.807) is 11.3 Å². The normalized spacial score (nSPS) is 11.9. The molecule has 0 radical (unpaired) electrons. The van der Waals surface area contributed by atoms with Crippen LogP contribution in [0, 0.1) is 0 Å². The van der Waals surface area contributed by atoms with E-state index in [4.69, 9.17) is 0 Å². The summed E-state index contributed by atoms with van der Waals surface area (Å²) in [4.78, 5) is 1.22. The lowest BCUT2D eigenvalue weighted by Crippen LogP contribution is -2.30. The lowest BCUT2D eigenvalue weighted by atomic mass is 10.4. The van der Waals surface area contributed by atoms with Crippen LogP contribution in [-0.4, -0.2) is 27.8 Å². The molecule has 15 heavy (non-hydrogen) atoms. The molecule has 1 rings (SSSR count). The Balaban J connectivity index is 2.15. The van der Waals surface area contributed by atoms with Crippen molar-refractivity contribution in [1.82, 2.24) is 10.0 Å². The number of halogens is 1. The average Bonchev–Trinajstić information content (AvgIpc) is 2.49. The van der Waals surface area contributed by atoms with Gasteiger partial charge in [-0.25, -0.2) is 13.1 Å². The zero-order chi connectivity index (χ0) is 11.3. The molecule has 0 spiro atoms. The average molecular weight is 313 g/mol. The highest BCUT2D eigenvalue weighted by molar-refractivity contribution is 9.10. The molecule has 0 saturated heterocycles. The Morgan fingerprint density at radius 3 is 2.73 bits per heavy atom. The summed E-state index contributed by atoms with van der Waals surface area (Å²) in [6.07, 6.45) is 1.16. The second-order valence-electron chi connectivity index (χ2n) is 3.03. The van der Waals surface area contributed by atoms with Crippen LogP contribution in [-0.2, 0) is 16.6 Å². The van der Waals surface area contributed by atoms with Gasteiger partial charge in [0.2, 0.25) is 10.0 Å². The van der Waals surface area contributed by atoms with Crippen molar-refractivity contribution in [3.05, 3.63) is 20.8 Å². The lowest BCUT2D eigenvalue weighted by Gasteiger charge is -2.04. The van der Waals surface area contributed by atoms with Crippen molar-refractivity contribution in [2.24, 2.45) is 0 Å². The van der Waals surface area contributed by atoms with E-state index in [-0.39, 0.29) is 0 Å². The molecule has 2 N–H and O–H groups in total. The third-order valence-electron chi connectivity index (χ3n) is 1.64. The fraction of sp³-hybridized carbons (Fsp3) is 0.500. The van der Waals surface area contributed by atoms with Gasteiger partial charge < -0.3 is 5.32 Å². The molecule has 1 aromatic rings. The molecule has 0 saturated carbocycles. The highest BCUT2D eigenvalue weighted by atomic mass is 79.9. The number of thiophene rings is 1. The third kappa shape index (κ3) is 5.62. The molecule has 1 heterocycles. The Labute approximate surface area is 102 Å². The van der Waals surface area contributed by atoms with E-state index in [0.717, 1.165) is 17.3 Å². The van der Waals surface area contributed by atoms with Crippen LogP contribution in [0.4, 0.5) is 0 Å². The van der Waals surface area contributed by atoms with Crippen LogP contribution in [0.5, 0.6) is 0 Å². The minimum atomic E-state index is -3.06. The molecule has 4 nitrogen and oxygen atoms in total. The molecule has 7 heteroatoms. The maximum absolute atomic E-state index is 10.7. The van der Waals surface area contributed by atoms with Gasteiger partial charge in [0.05, 0.1) is 6.26 Å². The van der Waals surface area contributed by atoms with Crippen LogP contribution in [0.2, 0.25) is 0 Å². The number of sulfonamides is 1. The Morgan fingerprint density at radius 2 is 2.20 bits per heavy atom. The molecular weight excluding hydrogens is 300 g/mol. The first-order valence-electron chi connectivity index (χ1n) is 4.36. The highest BCUT2D eigenvalue weighted by Crippen LogP contribution is 2.21. The predicted octanol–water partition coefficient (Wildman–Crippen LogP) is 1.15. The van der Waals surface area contributed by atoms with E-state index in [9.17, 15) is 8.42 Å². The summed E-state index contributed by atoms with van der Waals surface area (Å²) >= 11 is 5.09. The Morgan fingerprint density at radius 1 is 1.47 bits per heavy atom. The molecule has 1 aromatic heterocycles. The standard InChI is InChI=1S/C8H13BrN2O2S2/c1-15(12,13)11-4-3-10-6-8-7(9)2-5-14-8/h2,5,10-11H,3-4,6H2,1H3. The second kappa shape index (κ2) is 5.95. The van der Waals surface area contributed by atoms with Crippen LogP contribution in [0.1, 0.15) is 4.88 Å². The number of rotatable bonds is 6. The van der Waals surface area contributed by atoms with Crippen LogP contribution in [0.15, 0.2) is 15.9 Å². The summed E-state index contributed by atoms with van der Waals surface area (Å²) in [6, 6.07) is 2.00. The van der Waals surface area contributed by atoms with Gasteiger partial charge in [-0.05, 0) is 27.4 Å². The van der Waals surface area contributed by atoms with E-state index in [0.29, 0.717) is 13.1 Å². The summed E-state index contributed by atoms with van der Waals surface area (Å²) < 4.78 is 25.0. The van der Waals surface area contributed by atoms with E-state index in [2.05, 4.69) is 26.0 Å². The van der Waals surface area contributed by atoms with E-state index in [1.165, 1.54) is 4.88 Å². The SMILES string of the molecule is CS(=O)(=O)NCCNCc1sccc1Br. The van der Waals surface area contributed by atoms with E-state index in [1.807, 2.05) is 11.4 Å². The fourth-order valence-electron chi connectivity index (χ4n) is 0.978. The molecule has 0 bridgehead atoms. The minimum absolute atomic E-state index is 0.418. The number of nitrogens with one attached hydrogen (secondary N) is 2. The van der Waals surface area contributed by atoms with Crippen LogP contribution in [0.3, 0.4) is 0 Å². The fourth-order valence-corrected chi connectivity index (χ4v) is 2.91. The topological polar surface area (TPSA) is 58.2 Å². The van der Waals surface area contributed by atoms with Gasteiger partial charge >= 0.3 is 0 Å². The molecule has 0 fully saturated rings. The quantitative estimate of drug-likeness (QED) is 0.775. The molecule has 0 amide bonds. The van der Waals surface area contributed by atoms with Crippen molar-refractivity contribution in [3.63, 3.8) is 0 Å². The number of hydrogen-bond donors (Lipinski definition) is 2. The van der Waals surface area contributed by atoms with Crippen molar-refractivity contribution in [3.8, 4) is 0 Å². The zero-order valence-electron chi connectivity index (χ0n) is 8.29. The Bertz CT molecular complexity index is 403. The molecule has 86 valence electrons.